The van der Waals surface area contributed by atoms with Gasteiger partial charge in [0.05, 0.1) is 0 Å². The second kappa shape index (κ2) is 9.67. The minimum absolute atomic E-state index is 0.993. The van der Waals surface area contributed by atoms with Gasteiger partial charge in [-0.2, -0.15) is 0 Å². The van der Waals surface area contributed by atoms with E-state index in [1.54, 1.807) is 64.2 Å². The predicted octanol–water partition coefficient (Wildman–Crippen LogP) is 8.64. The van der Waals surface area contributed by atoms with Crippen molar-refractivity contribution in [2.75, 3.05) is 0 Å². The smallest absolute Gasteiger partial charge is 0.0326 e. The Kier molecular flexibility index (Phi) is 7.26. The zero-order valence-corrected chi connectivity index (χ0v) is 18.6. The summed E-state index contributed by atoms with van der Waals surface area (Å²) in [6.45, 7) is 5.46. The van der Waals surface area contributed by atoms with Gasteiger partial charge < -0.3 is 0 Å². The molecule has 0 saturated heterocycles. The summed E-state index contributed by atoms with van der Waals surface area (Å²) in [4.78, 5) is 0. The summed E-state index contributed by atoms with van der Waals surface area (Å²) in [5, 5.41) is 0. The summed E-state index contributed by atoms with van der Waals surface area (Å²) in [7, 11) is 0. The number of hydrogen-bond acceptors (Lipinski definition) is 0. The molecule has 0 aliphatic heterocycles. The summed E-state index contributed by atoms with van der Waals surface area (Å²) >= 11 is 0. The Morgan fingerprint density at radius 3 is 1.56 bits per heavy atom. The first-order chi connectivity index (χ1) is 13.3. The molecule has 4 aliphatic carbocycles. The molecule has 27 heavy (non-hydrogen) atoms. The van der Waals surface area contributed by atoms with E-state index in [4.69, 9.17) is 0 Å². The van der Waals surface area contributed by atoms with Gasteiger partial charge in [-0.25, -0.2) is 0 Å². The van der Waals surface area contributed by atoms with Gasteiger partial charge in [0, 0.05) is 0 Å². The fourth-order valence-corrected chi connectivity index (χ4v) is 8.67. The first-order valence-electron chi connectivity index (χ1n) is 13.3. The van der Waals surface area contributed by atoms with Crippen LogP contribution in [0.25, 0.3) is 0 Å². The van der Waals surface area contributed by atoms with E-state index in [0.717, 1.165) is 47.3 Å². The van der Waals surface area contributed by atoms with Crippen molar-refractivity contribution >= 4 is 0 Å². The Balaban J connectivity index is 1.55. The minimum atomic E-state index is 0.993. The van der Waals surface area contributed by atoms with E-state index in [1.165, 1.54) is 44.9 Å². The van der Waals surface area contributed by atoms with Crippen molar-refractivity contribution in [3.63, 3.8) is 0 Å². The van der Waals surface area contributed by atoms with Gasteiger partial charge in [0.2, 0.25) is 0 Å². The van der Waals surface area contributed by atoms with Gasteiger partial charge in [-0.3, -0.25) is 0 Å². The largest absolute Gasteiger partial charge is 0.0620 e. The molecule has 0 amide bonds. The van der Waals surface area contributed by atoms with Gasteiger partial charge in [-0.1, -0.05) is 110 Å². The zero-order chi connectivity index (χ0) is 18.6. The lowest BCUT2D eigenvalue weighted by Gasteiger charge is -2.51. The highest BCUT2D eigenvalue weighted by molar-refractivity contribution is 4.94. The molecule has 156 valence electrons. The van der Waals surface area contributed by atoms with Crippen molar-refractivity contribution in [2.45, 2.75) is 123 Å². The quantitative estimate of drug-likeness (QED) is 0.453. The van der Waals surface area contributed by atoms with Crippen molar-refractivity contribution in [3.05, 3.63) is 0 Å². The van der Waals surface area contributed by atoms with E-state index in [2.05, 4.69) is 13.8 Å². The predicted molar refractivity (Wildman–Crippen MR) is 118 cm³/mol. The molecule has 0 aromatic carbocycles. The minimum Gasteiger partial charge on any atom is -0.0620 e. The molecule has 4 aliphatic rings. The lowest BCUT2D eigenvalue weighted by molar-refractivity contribution is -0.0171. The average molecular weight is 373 g/mol. The molecule has 0 radical (unpaired) electrons. The number of fused-ring (bicyclic) bond motifs is 1. The van der Waals surface area contributed by atoms with E-state index in [-0.39, 0.29) is 0 Å². The fourth-order valence-electron chi connectivity index (χ4n) is 8.67. The highest BCUT2D eigenvalue weighted by Gasteiger charge is 2.45. The maximum atomic E-state index is 2.73. The Morgan fingerprint density at radius 1 is 0.481 bits per heavy atom. The Morgan fingerprint density at radius 2 is 0.963 bits per heavy atom. The molecular formula is C27H48. The third-order valence-electron chi connectivity index (χ3n) is 10.1. The fraction of sp³-hybridized carbons (Fsp3) is 1.00. The van der Waals surface area contributed by atoms with Crippen LogP contribution in [0.5, 0.6) is 0 Å². The molecular weight excluding hydrogens is 324 g/mol. The molecule has 0 bridgehead atoms. The van der Waals surface area contributed by atoms with Gasteiger partial charge in [0.25, 0.3) is 0 Å². The third kappa shape index (κ3) is 4.61. The SMILES string of the molecule is CC(C1CCCCC1)C(C(C)C1CCCCC1)C1CCCC2CCCCC21. The van der Waals surface area contributed by atoms with Crippen LogP contribution in [-0.2, 0) is 0 Å². The maximum absolute atomic E-state index is 2.73. The van der Waals surface area contributed by atoms with Crippen molar-refractivity contribution in [1.82, 2.24) is 0 Å². The summed E-state index contributed by atoms with van der Waals surface area (Å²) < 4.78 is 0. The van der Waals surface area contributed by atoms with Crippen molar-refractivity contribution in [1.29, 1.82) is 0 Å². The standard InChI is InChI=1S/C27H48/c1-20(22-12-5-3-6-13-22)27(21(2)23-14-7-4-8-15-23)26-19-11-17-24-16-9-10-18-25(24)26/h20-27H,3-19H2,1-2H3. The third-order valence-corrected chi connectivity index (χ3v) is 10.1. The molecule has 0 nitrogen and oxygen atoms in total. The van der Waals surface area contributed by atoms with Gasteiger partial charge in [-0.15, -0.1) is 0 Å². The summed E-state index contributed by atoms with van der Waals surface area (Å²) in [6, 6.07) is 0. The van der Waals surface area contributed by atoms with Crippen LogP contribution in [0.4, 0.5) is 0 Å². The average Bonchev–Trinajstić information content (AvgIpc) is 2.75. The Hall–Kier alpha value is 0. The maximum Gasteiger partial charge on any atom is -0.0326 e. The van der Waals surface area contributed by atoms with Crippen LogP contribution >= 0.6 is 0 Å². The Bertz CT molecular complexity index is 401. The van der Waals surface area contributed by atoms with E-state index in [9.17, 15) is 0 Å². The molecule has 0 aromatic heterocycles. The van der Waals surface area contributed by atoms with E-state index in [1.807, 2.05) is 0 Å². The second-order valence-corrected chi connectivity index (χ2v) is 11.4. The van der Waals surface area contributed by atoms with E-state index >= 15 is 0 Å². The van der Waals surface area contributed by atoms with Crippen LogP contribution in [0.2, 0.25) is 0 Å². The summed E-state index contributed by atoms with van der Waals surface area (Å²) in [5.41, 5.74) is 0. The van der Waals surface area contributed by atoms with Crippen LogP contribution in [0.1, 0.15) is 123 Å². The molecule has 5 atom stereocenters. The van der Waals surface area contributed by atoms with Crippen LogP contribution in [0.15, 0.2) is 0 Å². The summed E-state index contributed by atoms with van der Waals surface area (Å²) in [5.74, 6) is 8.44. The molecule has 4 fully saturated rings. The second-order valence-electron chi connectivity index (χ2n) is 11.4. The van der Waals surface area contributed by atoms with E-state index < -0.39 is 0 Å². The van der Waals surface area contributed by atoms with Crippen LogP contribution in [-0.4, -0.2) is 0 Å². The van der Waals surface area contributed by atoms with Crippen molar-refractivity contribution in [2.24, 2.45) is 47.3 Å². The van der Waals surface area contributed by atoms with Gasteiger partial charge in [-0.05, 0) is 60.2 Å². The molecule has 0 N–H and O–H groups in total. The monoisotopic (exact) mass is 372 g/mol. The van der Waals surface area contributed by atoms with Crippen LogP contribution in [0.3, 0.4) is 0 Å². The highest BCUT2D eigenvalue weighted by Crippen LogP contribution is 2.53. The lowest BCUT2D eigenvalue weighted by atomic mass is 9.54. The van der Waals surface area contributed by atoms with Gasteiger partial charge in [0.15, 0.2) is 0 Å². The zero-order valence-electron chi connectivity index (χ0n) is 18.6. The first-order valence-corrected chi connectivity index (χ1v) is 13.3. The van der Waals surface area contributed by atoms with Gasteiger partial charge >= 0.3 is 0 Å². The summed E-state index contributed by atoms with van der Waals surface area (Å²) in [6.07, 6.45) is 26.3. The molecule has 0 spiro atoms. The highest BCUT2D eigenvalue weighted by atomic mass is 14.5. The number of hydrogen-bond donors (Lipinski definition) is 0. The number of rotatable bonds is 5. The molecule has 0 heterocycles. The van der Waals surface area contributed by atoms with Crippen LogP contribution in [0, 0.1) is 47.3 Å². The van der Waals surface area contributed by atoms with Crippen LogP contribution < -0.4 is 0 Å². The molecule has 4 rings (SSSR count). The van der Waals surface area contributed by atoms with Crippen molar-refractivity contribution < 1.29 is 0 Å². The molecule has 0 aromatic rings. The Labute approximate surface area is 170 Å². The molecule has 4 saturated carbocycles. The van der Waals surface area contributed by atoms with Crippen molar-refractivity contribution in [3.8, 4) is 0 Å². The van der Waals surface area contributed by atoms with Gasteiger partial charge in [0.1, 0.15) is 0 Å². The van der Waals surface area contributed by atoms with E-state index in [0.29, 0.717) is 0 Å². The normalized spacial score (nSPS) is 37.3. The molecule has 5 unspecified atom stereocenters. The lowest BCUT2D eigenvalue weighted by Crippen LogP contribution is -2.43. The topological polar surface area (TPSA) is 0 Å². The first kappa shape index (κ1) is 20.3. The molecule has 0 heteroatoms.